The van der Waals surface area contributed by atoms with Crippen LogP contribution in [-0.2, 0) is 4.79 Å². The van der Waals surface area contributed by atoms with Gasteiger partial charge in [0.05, 0.1) is 11.4 Å². The Morgan fingerprint density at radius 1 is 1.32 bits per heavy atom. The van der Waals surface area contributed by atoms with E-state index in [0.29, 0.717) is 10.3 Å². The van der Waals surface area contributed by atoms with E-state index >= 15 is 0 Å². The monoisotopic (exact) mass is 280 g/mol. The maximum Gasteiger partial charge on any atom is 0.261 e. The number of carbonyl (C=O) groups is 2. The average molecular weight is 280 g/mol. The summed E-state index contributed by atoms with van der Waals surface area (Å²) < 4.78 is 13.9. The number of fused-ring (bicyclic) bond motifs is 1. The Bertz CT molecular complexity index is 637. The van der Waals surface area contributed by atoms with Crippen LogP contribution in [0.15, 0.2) is 24.3 Å². The van der Waals surface area contributed by atoms with Crippen molar-refractivity contribution in [1.29, 1.82) is 0 Å². The Hall–Kier alpha value is -1.95. The van der Waals surface area contributed by atoms with Crippen LogP contribution < -0.4 is 5.32 Å². The topological polar surface area (TPSA) is 49.4 Å². The zero-order valence-electron chi connectivity index (χ0n) is 10.6. The van der Waals surface area contributed by atoms with Crippen LogP contribution in [0, 0.1) is 5.82 Å². The Balaban J connectivity index is 2.11. The van der Waals surface area contributed by atoms with Gasteiger partial charge in [0.25, 0.3) is 5.91 Å². The molecular weight excluding hydrogens is 267 g/mol. The van der Waals surface area contributed by atoms with Crippen molar-refractivity contribution in [2.75, 3.05) is 20.6 Å². The molecule has 1 aromatic heterocycles. The lowest BCUT2D eigenvalue weighted by Gasteiger charge is -2.10. The van der Waals surface area contributed by atoms with E-state index in [1.807, 2.05) is 0 Å². The molecular formula is C13H13FN2O2S. The Morgan fingerprint density at radius 2 is 2.05 bits per heavy atom. The number of nitrogens with zero attached hydrogens (tertiary/aromatic N) is 1. The number of thiophene rings is 1. The van der Waals surface area contributed by atoms with Crippen molar-refractivity contribution in [3.63, 3.8) is 0 Å². The fraction of sp³-hybridized carbons (Fsp3) is 0.231. The first-order chi connectivity index (χ1) is 8.97. The van der Waals surface area contributed by atoms with Crippen molar-refractivity contribution in [1.82, 2.24) is 10.2 Å². The summed E-state index contributed by atoms with van der Waals surface area (Å²) in [5.74, 6) is -0.836. The number of benzene rings is 1. The average Bonchev–Trinajstić information content (AvgIpc) is 2.78. The van der Waals surface area contributed by atoms with Gasteiger partial charge in [0, 0.05) is 18.8 Å². The summed E-state index contributed by atoms with van der Waals surface area (Å²) in [4.78, 5) is 25.1. The van der Waals surface area contributed by atoms with E-state index in [4.69, 9.17) is 0 Å². The van der Waals surface area contributed by atoms with Crippen LogP contribution in [0.25, 0.3) is 10.1 Å². The number of carbonyl (C=O) groups excluding carboxylic acids is 2. The van der Waals surface area contributed by atoms with E-state index in [1.54, 1.807) is 26.2 Å². The number of halogens is 1. The molecule has 2 amide bonds. The molecule has 0 radical (unpaired) electrons. The van der Waals surface area contributed by atoms with Crippen LogP contribution in [0.4, 0.5) is 4.39 Å². The Morgan fingerprint density at radius 3 is 2.74 bits per heavy atom. The second kappa shape index (κ2) is 5.36. The highest BCUT2D eigenvalue weighted by Gasteiger charge is 2.12. The summed E-state index contributed by atoms with van der Waals surface area (Å²) in [7, 11) is 3.24. The number of hydrogen-bond donors (Lipinski definition) is 1. The second-order valence-electron chi connectivity index (χ2n) is 4.26. The molecule has 4 nitrogen and oxygen atoms in total. The molecule has 2 aromatic rings. The second-order valence-corrected chi connectivity index (χ2v) is 5.35. The summed E-state index contributed by atoms with van der Waals surface area (Å²) >= 11 is 1.27. The molecule has 0 aliphatic heterocycles. The van der Waals surface area contributed by atoms with Crippen molar-refractivity contribution in [3.8, 4) is 0 Å². The minimum Gasteiger partial charge on any atom is -0.347 e. The van der Waals surface area contributed by atoms with E-state index in [1.165, 1.54) is 28.4 Å². The molecule has 0 aliphatic carbocycles. The SMILES string of the molecule is CN(C)C(=O)CNC(=O)c1cc2cc(F)ccc2s1. The molecule has 0 aliphatic rings. The Kier molecular flexibility index (Phi) is 3.80. The third kappa shape index (κ3) is 3.08. The minimum atomic E-state index is -0.333. The van der Waals surface area contributed by atoms with E-state index in [-0.39, 0.29) is 24.2 Å². The highest BCUT2D eigenvalue weighted by Crippen LogP contribution is 2.26. The number of nitrogens with one attached hydrogen (secondary N) is 1. The summed E-state index contributed by atoms with van der Waals surface area (Å²) in [6.07, 6.45) is 0. The molecule has 0 atom stereocenters. The fourth-order valence-corrected chi connectivity index (χ4v) is 2.49. The first-order valence-electron chi connectivity index (χ1n) is 5.65. The van der Waals surface area contributed by atoms with Gasteiger partial charge in [-0.15, -0.1) is 11.3 Å². The van der Waals surface area contributed by atoms with Crippen molar-refractivity contribution < 1.29 is 14.0 Å². The van der Waals surface area contributed by atoms with Gasteiger partial charge in [-0.1, -0.05) is 0 Å². The lowest BCUT2D eigenvalue weighted by molar-refractivity contribution is -0.127. The zero-order valence-corrected chi connectivity index (χ0v) is 11.4. The molecule has 19 heavy (non-hydrogen) atoms. The first kappa shape index (κ1) is 13.5. The van der Waals surface area contributed by atoms with Crippen molar-refractivity contribution in [3.05, 3.63) is 35.0 Å². The van der Waals surface area contributed by atoms with Gasteiger partial charge in [-0.3, -0.25) is 9.59 Å². The van der Waals surface area contributed by atoms with Crippen LogP contribution in [0.2, 0.25) is 0 Å². The molecule has 1 heterocycles. The van der Waals surface area contributed by atoms with Crippen LogP contribution in [0.1, 0.15) is 9.67 Å². The summed E-state index contributed by atoms with van der Waals surface area (Å²) in [6.45, 7) is -0.0472. The molecule has 0 fully saturated rings. The third-order valence-corrected chi connectivity index (χ3v) is 3.72. The highest BCUT2D eigenvalue weighted by atomic mass is 32.1. The van der Waals surface area contributed by atoms with Gasteiger partial charge in [0.2, 0.25) is 5.91 Å². The zero-order chi connectivity index (χ0) is 14.0. The van der Waals surface area contributed by atoms with Gasteiger partial charge in [-0.05, 0) is 29.7 Å². The third-order valence-electron chi connectivity index (χ3n) is 2.60. The van der Waals surface area contributed by atoms with Crippen LogP contribution in [-0.4, -0.2) is 37.4 Å². The lowest BCUT2D eigenvalue weighted by Crippen LogP contribution is -2.35. The predicted octanol–water partition coefficient (Wildman–Crippen LogP) is 1.86. The molecule has 100 valence electrons. The first-order valence-corrected chi connectivity index (χ1v) is 6.46. The maximum absolute atomic E-state index is 13.0. The van der Waals surface area contributed by atoms with Gasteiger partial charge in [0.15, 0.2) is 0 Å². The minimum absolute atomic E-state index is 0.0472. The van der Waals surface area contributed by atoms with Gasteiger partial charge in [-0.25, -0.2) is 4.39 Å². The normalized spacial score (nSPS) is 10.5. The number of amides is 2. The lowest BCUT2D eigenvalue weighted by atomic mass is 10.2. The molecule has 0 bridgehead atoms. The van der Waals surface area contributed by atoms with Crippen LogP contribution >= 0.6 is 11.3 Å². The van der Waals surface area contributed by atoms with Crippen LogP contribution in [0.3, 0.4) is 0 Å². The molecule has 0 spiro atoms. The number of likely N-dealkylation sites (N-methyl/N-ethyl adjacent to an activating group) is 1. The summed E-state index contributed by atoms with van der Waals surface area (Å²) in [6, 6.07) is 6.00. The maximum atomic E-state index is 13.0. The quantitative estimate of drug-likeness (QED) is 0.933. The molecule has 0 saturated carbocycles. The molecule has 0 unspecified atom stereocenters. The molecule has 6 heteroatoms. The van der Waals surface area contributed by atoms with Gasteiger partial charge in [-0.2, -0.15) is 0 Å². The van der Waals surface area contributed by atoms with E-state index in [9.17, 15) is 14.0 Å². The molecule has 2 rings (SSSR count). The summed E-state index contributed by atoms with van der Waals surface area (Å²) in [5.41, 5.74) is 0. The standard InChI is InChI=1S/C13H13FN2O2S/c1-16(2)12(17)7-15-13(18)11-6-8-5-9(14)3-4-10(8)19-11/h3-6H,7H2,1-2H3,(H,15,18). The number of hydrogen-bond acceptors (Lipinski definition) is 3. The van der Waals surface area contributed by atoms with Crippen molar-refractivity contribution in [2.24, 2.45) is 0 Å². The predicted molar refractivity (Wildman–Crippen MR) is 72.8 cm³/mol. The number of rotatable bonds is 3. The largest absolute Gasteiger partial charge is 0.347 e. The fourth-order valence-electron chi connectivity index (χ4n) is 1.53. The van der Waals surface area contributed by atoms with Crippen LogP contribution in [0.5, 0.6) is 0 Å². The van der Waals surface area contributed by atoms with Gasteiger partial charge in [0.1, 0.15) is 5.82 Å². The van der Waals surface area contributed by atoms with Gasteiger partial charge >= 0.3 is 0 Å². The Labute approximate surface area is 113 Å². The van der Waals surface area contributed by atoms with E-state index in [0.717, 1.165) is 4.70 Å². The summed E-state index contributed by atoms with van der Waals surface area (Å²) in [5, 5.41) is 3.23. The van der Waals surface area contributed by atoms with Gasteiger partial charge < -0.3 is 10.2 Å². The molecule has 0 saturated heterocycles. The highest BCUT2D eigenvalue weighted by molar-refractivity contribution is 7.20. The van der Waals surface area contributed by atoms with E-state index < -0.39 is 0 Å². The molecule has 1 N–H and O–H groups in total. The van der Waals surface area contributed by atoms with Crippen molar-refractivity contribution in [2.45, 2.75) is 0 Å². The van der Waals surface area contributed by atoms with Crippen molar-refractivity contribution >= 4 is 33.2 Å². The molecule has 1 aromatic carbocycles. The smallest absolute Gasteiger partial charge is 0.261 e. The van der Waals surface area contributed by atoms with E-state index in [2.05, 4.69) is 5.32 Å².